The van der Waals surface area contributed by atoms with E-state index in [4.69, 9.17) is 10.5 Å². The van der Waals surface area contributed by atoms with Gasteiger partial charge in [-0.3, -0.25) is 0 Å². The van der Waals surface area contributed by atoms with E-state index in [1.165, 1.54) is 25.9 Å². The number of rotatable bonds is 4. The van der Waals surface area contributed by atoms with Gasteiger partial charge >= 0.3 is 0 Å². The van der Waals surface area contributed by atoms with Crippen LogP contribution in [0.15, 0.2) is 0 Å². The molecule has 1 saturated heterocycles. The molecule has 0 atom stereocenters. The van der Waals surface area contributed by atoms with Crippen LogP contribution in [0.3, 0.4) is 0 Å². The Morgan fingerprint density at radius 2 is 1.87 bits per heavy atom. The fourth-order valence-corrected chi connectivity index (χ4v) is 1.93. The van der Waals surface area contributed by atoms with Crippen molar-refractivity contribution < 1.29 is 4.74 Å². The minimum absolute atomic E-state index is 0.00438. The zero-order chi connectivity index (χ0) is 11.3. The molecule has 0 amide bonds. The number of hydrogen-bond acceptors (Lipinski definition) is 3. The minimum Gasteiger partial charge on any atom is -0.375 e. The van der Waals surface area contributed by atoms with Gasteiger partial charge in [-0.05, 0) is 59.2 Å². The summed E-state index contributed by atoms with van der Waals surface area (Å²) in [6.07, 6.45) is 2.51. The molecular weight excluding hydrogens is 188 g/mol. The summed E-state index contributed by atoms with van der Waals surface area (Å²) >= 11 is 0. The van der Waals surface area contributed by atoms with Crippen LogP contribution in [0.25, 0.3) is 0 Å². The lowest BCUT2D eigenvalue weighted by atomic mass is 9.97. The van der Waals surface area contributed by atoms with E-state index in [0.717, 1.165) is 25.6 Å². The second-order valence-electron chi connectivity index (χ2n) is 5.48. The molecule has 0 bridgehead atoms. The summed E-state index contributed by atoms with van der Waals surface area (Å²) in [4.78, 5) is 2.48. The molecule has 0 unspecified atom stereocenters. The number of nitrogens with two attached hydrogens (primary N) is 1. The van der Waals surface area contributed by atoms with Gasteiger partial charge in [0.1, 0.15) is 0 Å². The highest BCUT2D eigenvalue weighted by Gasteiger charge is 2.18. The quantitative estimate of drug-likeness (QED) is 0.770. The maximum Gasteiger partial charge on any atom is 0.0600 e. The van der Waals surface area contributed by atoms with Gasteiger partial charge in [0.05, 0.1) is 12.2 Å². The summed E-state index contributed by atoms with van der Waals surface area (Å²) in [5, 5.41) is 0. The van der Waals surface area contributed by atoms with Crippen molar-refractivity contribution in [3.05, 3.63) is 0 Å². The van der Waals surface area contributed by atoms with E-state index in [1.807, 2.05) is 0 Å². The Balaban J connectivity index is 2.09. The third-order valence-corrected chi connectivity index (χ3v) is 2.98. The fraction of sp³-hybridized carbons (Fsp3) is 1.00. The molecule has 0 aliphatic carbocycles. The number of piperidine rings is 1. The molecule has 0 spiro atoms. The highest BCUT2D eigenvalue weighted by molar-refractivity contribution is 4.72. The van der Waals surface area contributed by atoms with Crippen LogP contribution in [-0.4, -0.2) is 43.3 Å². The first-order chi connectivity index (χ1) is 7.01. The lowest BCUT2D eigenvalue weighted by molar-refractivity contribution is -0.0160. The summed E-state index contributed by atoms with van der Waals surface area (Å²) in [6, 6.07) is 0. The molecule has 1 rings (SSSR count). The Labute approximate surface area is 94.0 Å². The molecule has 0 aromatic carbocycles. The van der Waals surface area contributed by atoms with Crippen molar-refractivity contribution >= 4 is 0 Å². The third-order valence-electron chi connectivity index (χ3n) is 2.98. The number of likely N-dealkylation sites (tertiary alicyclic amines) is 1. The van der Waals surface area contributed by atoms with Gasteiger partial charge in [-0.15, -0.1) is 0 Å². The van der Waals surface area contributed by atoms with Crippen LogP contribution in [0.1, 0.15) is 33.6 Å². The highest BCUT2D eigenvalue weighted by atomic mass is 16.5. The SMILES string of the molecule is CC(C)(C)OCCN1CCC(CN)CC1. The minimum atomic E-state index is -0.00438. The molecule has 0 radical (unpaired) electrons. The summed E-state index contributed by atoms with van der Waals surface area (Å²) < 4.78 is 5.72. The zero-order valence-electron chi connectivity index (χ0n) is 10.5. The van der Waals surface area contributed by atoms with Crippen LogP contribution in [0.2, 0.25) is 0 Å². The van der Waals surface area contributed by atoms with Crippen molar-refractivity contribution in [3.8, 4) is 0 Å². The summed E-state index contributed by atoms with van der Waals surface area (Å²) in [6.45, 7) is 11.5. The van der Waals surface area contributed by atoms with E-state index in [9.17, 15) is 0 Å². The molecule has 90 valence electrons. The van der Waals surface area contributed by atoms with Crippen molar-refractivity contribution in [1.29, 1.82) is 0 Å². The van der Waals surface area contributed by atoms with Gasteiger partial charge < -0.3 is 15.4 Å². The van der Waals surface area contributed by atoms with E-state index in [-0.39, 0.29) is 5.60 Å². The molecule has 3 nitrogen and oxygen atoms in total. The van der Waals surface area contributed by atoms with Crippen LogP contribution in [0.5, 0.6) is 0 Å². The molecule has 0 aromatic rings. The molecule has 1 heterocycles. The van der Waals surface area contributed by atoms with Gasteiger partial charge in [-0.25, -0.2) is 0 Å². The predicted molar refractivity (Wildman–Crippen MR) is 63.9 cm³/mol. The molecule has 15 heavy (non-hydrogen) atoms. The first-order valence-corrected chi connectivity index (χ1v) is 6.07. The van der Waals surface area contributed by atoms with Crippen molar-refractivity contribution in [3.63, 3.8) is 0 Å². The Morgan fingerprint density at radius 3 is 2.33 bits per heavy atom. The monoisotopic (exact) mass is 214 g/mol. The van der Waals surface area contributed by atoms with Crippen molar-refractivity contribution in [2.45, 2.75) is 39.2 Å². The molecule has 1 aliphatic heterocycles. The van der Waals surface area contributed by atoms with Crippen LogP contribution in [0.4, 0.5) is 0 Å². The van der Waals surface area contributed by atoms with Crippen LogP contribution in [-0.2, 0) is 4.74 Å². The normalized spacial score (nSPS) is 20.8. The lowest BCUT2D eigenvalue weighted by Gasteiger charge is -2.32. The number of hydrogen-bond donors (Lipinski definition) is 1. The Morgan fingerprint density at radius 1 is 1.27 bits per heavy atom. The lowest BCUT2D eigenvalue weighted by Crippen LogP contribution is -2.38. The van der Waals surface area contributed by atoms with E-state index < -0.39 is 0 Å². The molecule has 1 aliphatic rings. The number of nitrogens with zero attached hydrogens (tertiary/aromatic N) is 1. The maximum atomic E-state index is 5.72. The van der Waals surface area contributed by atoms with Crippen LogP contribution in [0, 0.1) is 5.92 Å². The summed E-state index contributed by atoms with van der Waals surface area (Å²) in [7, 11) is 0. The Kier molecular flexibility index (Phi) is 5.03. The van der Waals surface area contributed by atoms with Crippen molar-refractivity contribution in [2.24, 2.45) is 11.7 Å². The molecule has 3 heteroatoms. The molecular formula is C12H26N2O. The van der Waals surface area contributed by atoms with Gasteiger partial charge in [0.2, 0.25) is 0 Å². The second-order valence-corrected chi connectivity index (χ2v) is 5.48. The smallest absolute Gasteiger partial charge is 0.0600 e. The average molecular weight is 214 g/mol. The largest absolute Gasteiger partial charge is 0.375 e. The summed E-state index contributed by atoms with van der Waals surface area (Å²) in [5.74, 6) is 0.754. The second kappa shape index (κ2) is 5.83. The molecule has 1 fully saturated rings. The van der Waals surface area contributed by atoms with Crippen molar-refractivity contribution in [1.82, 2.24) is 4.90 Å². The molecule has 0 aromatic heterocycles. The van der Waals surface area contributed by atoms with Gasteiger partial charge in [0, 0.05) is 6.54 Å². The topological polar surface area (TPSA) is 38.5 Å². The zero-order valence-corrected chi connectivity index (χ0v) is 10.5. The van der Waals surface area contributed by atoms with Gasteiger partial charge in [-0.1, -0.05) is 0 Å². The number of ether oxygens (including phenoxy) is 1. The van der Waals surface area contributed by atoms with E-state index in [0.29, 0.717) is 0 Å². The molecule has 0 saturated carbocycles. The summed E-state index contributed by atoms with van der Waals surface area (Å²) in [5.41, 5.74) is 5.66. The Bertz CT molecular complexity index is 169. The Hall–Kier alpha value is -0.120. The van der Waals surface area contributed by atoms with Gasteiger partial charge in [-0.2, -0.15) is 0 Å². The van der Waals surface area contributed by atoms with Crippen molar-refractivity contribution in [2.75, 3.05) is 32.8 Å². The van der Waals surface area contributed by atoms with E-state index in [1.54, 1.807) is 0 Å². The molecule has 2 N–H and O–H groups in total. The van der Waals surface area contributed by atoms with Gasteiger partial charge in [0.15, 0.2) is 0 Å². The van der Waals surface area contributed by atoms with Crippen LogP contribution < -0.4 is 5.73 Å². The standard InChI is InChI=1S/C12H26N2O/c1-12(2,3)15-9-8-14-6-4-11(10-13)5-7-14/h11H,4-10,13H2,1-3H3. The fourth-order valence-electron chi connectivity index (χ4n) is 1.93. The third kappa shape index (κ3) is 5.50. The first-order valence-electron chi connectivity index (χ1n) is 6.07. The van der Waals surface area contributed by atoms with Crippen LogP contribution >= 0.6 is 0 Å². The van der Waals surface area contributed by atoms with E-state index >= 15 is 0 Å². The van der Waals surface area contributed by atoms with E-state index in [2.05, 4.69) is 25.7 Å². The highest BCUT2D eigenvalue weighted by Crippen LogP contribution is 2.15. The average Bonchev–Trinajstić information content (AvgIpc) is 2.17. The first kappa shape index (κ1) is 12.9. The predicted octanol–water partition coefficient (Wildman–Crippen LogP) is 1.47. The van der Waals surface area contributed by atoms with Gasteiger partial charge in [0.25, 0.3) is 0 Å². The maximum absolute atomic E-state index is 5.72.